The summed E-state index contributed by atoms with van der Waals surface area (Å²) in [6, 6.07) is 5.85. The van der Waals surface area contributed by atoms with Crippen LogP contribution in [0.3, 0.4) is 0 Å². The molecule has 7 heteroatoms. The van der Waals surface area contributed by atoms with Crippen molar-refractivity contribution in [2.24, 2.45) is 0 Å². The lowest BCUT2D eigenvalue weighted by molar-refractivity contribution is -0.118. The number of halogens is 1. The number of ether oxygens (including phenoxy) is 2. The van der Waals surface area contributed by atoms with Crippen LogP contribution in [0, 0.1) is 0 Å². The van der Waals surface area contributed by atoms with Crippen molar-refractivity contribution in [1.82, 2.24) is 10.2 Å². The lowest BCUT2D eigenvalue weighted by Crippen LogP contribution is -2.51. The molecular weight excluding hydrogens is 330 g/mol. The van der Waals surface area contributed by atoms with Crippen molar-refractivity contribution in [3.8, 4) is 11.5 Å². The van der Waals surface area contributed by atoms with Gasteiger partial charge in [0.05, 0.1) is 19.8 Å². The van der Waals surface area contributed by atoms with Crippen molar-refractivity contribution < 1.29 is 14.3 Å². The van der Waals surface area contributed by atoms with Crippen LogP contribution in [0.5, 0.6) is 11.5 Å². The van der Waals surface area contributed by atoms with Crippen LogP contribution in [0.25, 0.3) is 0 Å². The first-order valence-electron chi connectivity index (χ1n) is 8.28. The fourth-order valence-electron chi connectivity index (χ4n) is 2.63. The molecule has 0 aliphatic carbocycles. The Morgan fingerprint density at radius 1 is 1.29 bits per heavy atom. The van der Waals surface area contributed by atoms with Crippen LogP contribution in [0.15, 0.2) is 18.2 Å². The Morgan fingerprint density at radius 2 is 2.00 bits per heavy atom. The van der Waals surface area contributed by atoms with E-state index in [1.807, 2.05) is 32.0 Å². The van der Waals surface area contributed by atoms with E-state index in [0.717, 1.165) is 25.3 Å². The molecule has 1 aliphatic rings. The minimum absolute atomic E-state index is 0. The topological polar surface area (TPSA) is 62.8 Å². The van der Waals surface area contributed by atoms with Crippen LogP contribution < -0.4 is 20.1 Å². The SMILES string of the molecule is CCOc1ccc(NC(=O)CN2CCNC[C@H]2C)cc1OCC.Cl. The Kier molecular flexibility index (Phi) is 8.89. The molecule has 0 radical (unpaired) electrons. The molecule has 1 aromatic carbocycles. The zero-order chi connectivity index (χ0) is 16.7. The maximum Gasteiger partial charge on any atom is 0.238 e. The van der Waals surface area contributed by atoms with Crippen molar-refractivity contribution in [3.63, 3.8) is 0 Å². The summed E-state index contributed by atoms with van der Waals surface area (Å²) in [4.78, 5) is 14.4. The van der Waals surface area contributed by atoms with E-state index in [-0.39, 0.29) is 18.3 Å². The van der Waals surface area contributed by atoms with E-state index in [4.69, 9.17) is 9.47 Å². The number of rotatable bonds is 7. The average Bonchev–Trinajstić information content (AvgIpc) is 2.52. The third-order valence-electron chi connectivity index (χ3n) is 3.81. The third-order valence-corrected chi connectivity index (χ3v) is 3.81. The van der Waals surface area contributed by atoms with Crippen LogP contribution >= 0.6 is 12.4 Å². The predicted molar refractivity (Wildman–Crippen MR) is 98.6 cm³/mol. The van der Waals surface area contributed by atoms with Crippen LogP contribution in [0.4, 0.5) is 5.69 Å². The standard InChI is InChI=1S/C17H27N3O3.ClH/c1-4-22-15-7-6-14(10-16(15)23-5-2)19-17(21)12-20-9-8-18-11-13(20)3;/h6-7,10,13,18H,4-5,8-9,11-12H2,1-3H3,(H,19,21);1H/t13-;/m1./s1. The molecule has 1 atom stereocenters. The quantitative estimate of drug-likeness (QED) is 0.782. The van der Waals surface area contributed by atoms with Gasteiger partial charge in [0.1, 0.15) is 0 Å². The van der Waals surface area contributed by atoms with Gasteiger partial charge in [0, 0.05) is 37.4 Å². The second-order valence-electron chi connectivity index (χ2n) is 5.60. The summed E-state index contributed by atoms with van der Waals surface area (Å²) in [5.41, 5.74) is 0.727. The Bertz CT molecular complexity index is 528. The molecule has 1 fully saturated rings. The van der Waals surface area contributed by atoms with Crippen molar-refractivity contribution in [2.45, 2.75) is 26.8 Å². The van der Waals surface area contributed by atoms with Gasteiger partial charge in [0.15, 0.2) is 11.5 Å². The Balaban J connectivity index is 0.00000288. The molecule has 2 N–H and O–H groups in total. The molecule has 1 aliphatic heterocycles. The van der Waals surface area contributed by atoms with Gasteiger partial charge in [0.25, 0.3) is 0 Å². The second-order valence-corrected chi connectivity index (χ2v) is 5.60. The Labute approximate surface area is 150 Å². The maximum absolute atomic E-state index is 12.3. The highest BCUT2D eigenvalue weighted by atomic mass is 35.5. The Morgan fingerprint density at radius 3 is 2.67 bits per heavy atom. The molecule has 24 heavy (non-hydrogen) atoms. The summed E-state index contributed by atoms with van der Waals surface area (Å²) in [5, 5.41) is 6.26. The van der Waals surface area contributed by atoms with Crippen LogP contribution in [-0.2, 0) is 4.79 Å². The van der Waals surface area contributed by atoms with Gasteiger partial charge in [0.2, 0.25) is 5.91 Å². The molecule has 1 amide bonds. The van der Waals surface area contributed by atoms with Gasteiger partial charge in [-0.15, -0.1) is 12.4 Å². The van der Waals surface area contributed by atoms with E-state index in [2.05, 4.69) is 22.5 Å². The largest absolute Gasteiger partial charge is 0.490 e. The summed E-state index contributed by atoms with van der Waals surface area (Å²) in [6.45, 7) is 10.3. The number of piperazine rings is 1. The molecule has 136 valence electrons. The summed E-state index contributed by atoms with van der Waals surface area (Å²) in [5.74, 6) is 1.34. The number of nitrogens with zero attached hydrogens (tertiary/aromatic N) is 1. The van der Waals surface area contributed by atoms with Gasteiger partial charge in [-0.25, -0.2) is 0 Å². The van der Waals surface area contributed by atoms with Gasteiger partial charge in [-0.05, 0) is 32.9 Å². The van der Waals surface area contributed by atoms with Crippen LogP contribution in [0.2, 0.25) is 0 Å². The zero-order valence-electron chi connectivity index (χ0n) is 14.6. The fraction of sp³-hybridized carbons (Fsp3) is 0.588. The summed E-state index contributed by atoms with van der Waals surface area (Å²) >= 11 is 0. The monoisotopic (exact) mass is 357 g/mol. The summed E-state index contributed by atoms with van der Waals surface area (Å²) in [7, 11) is 0. The molecule has 6 nitrogen and oxygen atoms in total. The van der Waals surface area contributed by atoms with Crippen molar-refractivity contribution in [2.75, 3.05) is 44.7 Å². The molecule has 0 spiro atoms. The third kappa shape index (κ3) is 5.85. The van der Waals surface area contributed by atoms with E-state index in [9.17, 15) is 4.79 Å². The molecule has 0 saturated carbocycles. The van der Waals surface area contributed by atoms with E-state index < -0.39 is 0 Å². The van der Waals surface area contributed by atoms with Crippen molar-refractivity contribution in [1.29, 1.82) is 0 Å². The van der Waals surface area contributed by atoms with E-state index >= 15 is 0 Å². The smallest absolute Gasteiger partial charge is 0.238 e. The normalized spacial score (nSPS) is 17.7. The van der Waals surface area contributed by atoms with E-state index in [1.54, 1.807) is 0 Å². The highest BCUT2D eigenvalue weighted by Crippen LogP contribution is 2.30. The average molecular weight is 358 g/mol. The molecule has 0 aromatic heterocycles. The lowest BCUT2D eigenvalue weighted by atomic mass is 10.2. The minimum atomic E-state index is -0.00893. The lowest BCUT2D eigenvalue weighted by Gasteiger charge is -2.33. The number of benzene rings is 1. The zero-order valence-corrected chi connectivity index (χ0v) is 15.4. The summed E-state index contributed by atoms with van der Waals surface area (Å²) in [6.07, 6.45) is 0. The molecule has 0 bridgehead atoms. The molecular formula is C17H28ClN3O3. The van der Waals surface area contributed by atoms with Gasteiger partial charge in [-0.2, -0.15) is 0 Å². The van der Waals surface area contributed by atoms with Gasteiger partial charge in [-0.1, -0.05) is 0 Å². The first kappa shape index (κ1) is 20.5. The maximum atomic E-state index is 12.3. The van der Waals surface area contributed by atoms with Crippen LogP contribution in [0.1, 0.15) is 20.8 Å². The number of nitrogens with one attached hydrogen (secondary N) is 2. The number of hydrogen-bond donors (Lipinski definition) is 2. The number of carbonyl (C=O) groups excluding carboxylic acids is 1. The van der Waals surface area contributed by atoms with Gasteiger partial charge >= 0.3 is 0 Å². The van der Waals surface area contributed by atoms with Crippen molar-refractivity contribution >= 4 is 24.0 Å². The van der Waals surface area contributed by atoms with Crippen molar-refractivity contribution in [3.05, 3.63) is 18.2 Å². The first-order valence-corrected chi connectivity index (χ1v) is 8.28. The number of anilines is 1. The predicted octanol–water partition coefficient (Wildman–Crippen LogP) is 2.14. The minimum Gasteiger partial charge on any atom is -0.490 e. The fourth-order valence-corrected chi connectivity index (χ4v) is 2.63. The molecule has 2 rings (SSSR count). The van der Waals surface area contributed by atoms with Crippen LogP contribution in [-0.4, -0.2) is 56.2 Å². The van der Waals surface area contributed by atoms with Gasteiger partial charge < -0.3 is 20.1 Å². The van der Waals surface area contributed by atoms with Gasteiger partial charge in [-0.3, -0.25) is 9.69 Å². The molecule has 1 aromatic rings. The molecule has 0 unspecified atom stereocenters. The first-order chi connectivity index (χ1) is 11.1. The van der Waals surface area contributed by atoms with E-state index in [1.165, 1.54) is 0 Å². The molecule has 1 saturated heterocycles. The second kappa shape index (κ2) is 10.4. The number of amides is 1. The highest BCUT2D eigenvalue weighted by Gasteiger charge is 2.20. The molecule has 1 heterocycles. The number of carbonyl (C=O) groups is 1. The van der Waals surface area contributed by atoms with E-state index in [0.29, 0.717) is 37.3 Å². The Hall–Kier alpha value is -1.50. The highest BCUT2D eigenvalue weighted by molar-refractivity contribution is 5.92. The number of hydrogen-bond acceptors (Lipinski definition) is 5. The summed E-state index contributed by atoms with van der Waals surface area (Å²) < 4.78 is 11.1.